The summed E-state index contributed by atoms with van der Waals surface area (Å²) in [5.74, 6) is 1.75. The molecule has 0 saturated carbocycles. The van der Waals surface area contributed by atoms with Crippen molar-refractivity contribution in [2.75, 3.05) is 0 Å². The van der Waals surface area contributed by atoms with E-state index in [0.717, 1.165) is 61.6 Å². The van der Waals surface area contributed by atoms with E-state index in [2.05, 4.69) is 89.5 Å². The number of hydrogen-bond acceptors (Lipinski definition) is 2. The summed E-state index contributed by atoms with van der Waals surface area (Å²) in [5, 5.41) is 12.3. The fourth-order valence-corrected chi connectivity index (χ4v) is 5.96. The fraction of sp³-hybridized carbons (Fsp3) is 0. The van der Waals surface area contributed by atoms with Gasteiger partial charge in [0.05, 0.1) is 28.4 Å². The summed E-state index contributed by atoms with van der Waals surface area (Å²) in [6.07, 6.45) is 0. The Hall–Kier alpha value is -5.59. The Morgan fingerprint density at radius 1 is 0.525 bits per heavy atom. The number of rotatable bonds is 3. The van der Waals surface area contributed by atoms with E-state index in [9.17, 15) is 5.26 Å². The lowest BCUT2D eigenvalue weighted by atomic mass is 9.94. The van der Waals surface area contributed by atoms with Crippen molar-refractivity contribution in [2.45, 2.75) is 0 Å². The van der Waals surface area contributed by atoms with Crippen molar-refractivity contribution in [3.63, 3.8) is 0 Å². The van der Waals surface area contributed by atoms with Gasteiger partial charge in [0, 0.05) is 10.8 Å². The summed E-state index contributed by atoms with van der Waals surface area (Å²) in [6, 6.07) is 48.3. The molecular weight excluding hydrogens is 488 g/mol. The SMILES string of the molecule is N#Cc1cc(-c2cccc(-c3ccc4c(c3)c3cccc5c3n4-c3ccccc3O5)c2)ccc1-c1ccccc1. The number of hydrogen-bond donors (Lipinski definition) is 0. The summed E-state index contributed by atoms with van der Waals surface area (Å²) >= 11 is 0. The van der Waals surface area contributed by atoms with Crippen molar-refractivity contribution in [1.29, 1.82) is 5.26 Å². The standard InChI is InChI=1S/C37H22N2O/c38-23-29-21-27(16-18-30(29)24-8-2-1-3-9-24)25-10-6-11-26(20-25)28-17-19-33-32(22-28)31-12-7-15-36-37(31)39(33)34-13-4-5-14-35(34)40-36/h1-22H. The minimum absolute atomic E-state index is 0.673. The molecule has 1 aliphatic rings. The predicted octanol–water partition coefficient (Wildman–Crippen LogP) is 9.76. The molecule has 0 amide bonds. The van der Waals surface area contributed by atoms with Crippen molar-refractivity contribution in [3.05, 3.63) is 139 Å². The van der Waals surface area contributed by atoms with E-state index in [1.165, 1.54) is 10.8 Å². The molecule has 3 nitrogen and oxygen atoms in total. The molecule has 186 valence electrons. The van der Waals surface area contributed by atoms with Crippen LogP contribution in [0.4, 0.5) is 0 Å². The van der Waals surface area contributed by atoms with Crippen molar-refractivity contribution in [1.82, 2.24) is 4.57 Å². The van der Waals surface area contributed by atoms with Gasteiger partial charge in [0.2, 0.25) is 0 Å². The maximum absolute atomic E-state index is 9.92. The number of benzene rings is 6. The number of ether oxygens (including phenoxy) is 1. The molecule has 8 rings (SSSR count). The van der Waals surface area contributed by atoms with Gasteiger partial charge in [-0.3, -0.25) is 0 Å². The molecule has 0 unspecified atom stereocenters. The molecule has 40 heavy (non-hydrogen) atoms. The lowest BCUT2D eigenvalue weighted by Crippen LogP contribution is -2.03. The van der Waals surface area contributed by atoms with Crippen molar-refractivity contribution in [3.8, 4) is 56.6 Å². The quantitative estimate of drug-likeness (QED) is 0.237. The van der Waals surface area contributed by atoms with Gasteiger partial charge in [-0.05, 0) is 75.8 Å². The van der Waals surface area contributed by atoms with Gasteiger partial charge in [0.25, 0.3) is 0 Å². The Bertz CT molecular complexity index is 2150. The lowest BCUT2D eigenvalue weighted by molar-refractivity contribution is 0.476. The smallest absolute Gasteiger partial charge is 0.152 e. The zero-order valence-corrected chi connectivity index (χ0v) is 21.5. The second-order valence-corrected chi connectivity index (χ2v) is 10.1. The molecular formula is C37H22N2O. The monoisotopic (exact) mass is 510 g/mol. The number of nitriles is 1. The molecule has 1 aliphatic heterocycles. The molecule has 0 aliphatic carbocycles. The van der Waals surface area contributed by atoms with Crippen LogP contribution in [0.5, 0.6) is 11.5 Å². The van der Waals surface area contributed by atoms with E-state index in [-0.39, 0.29) is 0 Å². The molecule has 0 radical (unpaired) electrons. The van der Waals surface area contributed by atoms with Crippen LogP contribution in [0.3, 0.4) is 0 Å². The fourth-order valence-electron chi connectivity index (χ4n) is 5.96. The average molecular weight is 511 g/mol. The molecule has 0 atom stereocenters. The third kappa shape index (κ3) is 3.37. The molecule has 0 fully saturated rings. The Balaban J connectivity index is 1.25. The van der Waals surface area contributed by atoms with Gasteiger partial charge in [0.1, 0.15) is 0 Å². The van der Waals surface area contributed by atoms with Gasteiger partial charge in [0.15, 0.2) is 11.5 Å². The van der Waals surface area contributed by atoms with Crippen molar-refractivity contribution < 1.29 is 4.74 Å². The highest BCUT2D eigenvalue weighted by molar-refractivity contribution is 6.13. The zero-order valence-electron chi connectivity index (χ0n) is 21.5. The van der Waals surface area contributed by atoms with Crippen LogP contribution in [0.1, 0.15) is 5.56 Å². The molecule has 1 aromatic heterocycles. The van der Waals surface area contributed by atoms with Gasteiger partial charge in [-0.15, -0.1) is 0 Å². The zero-order chi connectivity index (χ0) is 26.6. The van der Waals surface area contributed by atoms with Crippen LogP contribution in [-0.2, 0) is 0 Å². The van der Waals surface area contributed by atoms with E-state index < -0.39 is 0 Å². The number of nitrogens with zero attached hydrogens (tertiary/aromatic N) is 2. The van der Waals surface area contributed by atoms with Crippen molar-refractivity contribution >= 4 is 21.8 Å². The minimum Gasteiger partial charge on any atom is -0.453 e. The Labute approximate surface area is 231 Å². The minimum atomic E-state index is 0.673. The maximum atomic E-state index is 9.92. The molecule has 0 saturated heterocycles. The first-order chi connectivity index (χ1) is 19.8. The highest BCUT2D eigenvalue weighted by atomic mass is 16.5. The number of aromatic nitrogens is 1. The third-order valence-corrected chi connectivity index (χ3v) is 7.83. The number of fused-ring (bicyclic) bond motifs is 5. The van der Waals surface area contributed by atoms with Crippen LogP contribution in [0.2, 0.25) is 0 Å². The van der Waals surface area contributed by atoms with Crippen LogP contribution in [-0.4, -0.2) is 4.57 Å². The van der Waals surface area contributed by atoms with Crippen LogP contribution in [0.15, 0.2) is 133 Å². The van der Waals surface area contributed by atoms with Crippen LogP contribution in [0.25, 0.3) is 60.9 Å². The maximum Gasteiger partial charge on any atom is 0.152 e. The third-order valence-electron chi connectivity index (χ3n) is 7.83. The summed E-state index contributed by atoms with van der Waals surface area (Å²) in [5.41, 5.74) is 10.4. The van der Waals surface area contributed by atoms with Gasteiger partial charge in [-0.25, -0.2) is 0 Å². The van der Waals surface area contributed by atoms with Crippen LogP contribution < -0.4 is 4.74 Å². The summed E-state index contributed by atoms with van der Waals surface area (Å²) in [4.78, 5) is 0. The van der Waals surface area contributed by atoms with Crippen molar-refractivity contribution in [2.24, 2.45) is 0 Å². The lowest BCUT2D eigenvalue weighted by Gasteiger charge is -2.20. The second-order valence-electron chi connectivity index (χ2n) is 10.1. The summed E-state index contributed by atoms with van der Waals surface area (Å²) in [7, 11) is 0. The predicted molar refractivity (Wildman–Crippen MR) is 162 cm³/mol. The summed E-state index contributed by atoms with van der Waals surface area (Å²) < 4.78 is 8.59. The highest BCUT2D eigenvalue weighted by Crippen LogP contribution is 2.45. The molecule has 0 spiro atoms. The van der Waals surface area contributed by atoms with E-state index in [0.29, 0.717) is 5.56 Å². The van der Waals surface area contributed by atoms with Gasteiger partial charge < -0.3 is 9.30 Å². The van der Waals surface area contributed by atoms with Gasteiger partial charge in [-0.2, -0.15) is 5.26 Å². The largest absolute Gasteiger partial charge is 0.453 e. The van der Waals surface area contributed by atoms with E-state index >= 15 is 0 Å². The molecule has 0 bridgehead atoms. The molecule has 6 aromatic carbocycles. The highest BCUT2D eigenvalue weighted by Gasteiger charge is 2.23. The first-order valence-electron chi connectivity index (χ1n) is 13.3. The number of para-hydroxylation sites is 3. The Morgan fingerprint density at radius 2 is 1.20 bits per heavy atom. The average Bonchev–Trinajstić information content (AvgIpc) is 3.36. The molecule has 3 heteroatoms. The summed E-state index contributed by atoms with van der Waals surface area (Å²) in [6.45, 7) is 0. The second kappa shape index (κ2) is 8.73. The van der Waals surface area contributed by atoms with E-state index in [1.807, 2.05) is 54.6 Å². The molecule has 0 N–H and O–H groups in total. The molecule has 7 aromatic rings. The first-order valence-corrected chi connectivity index (χ1v) is 13.3. The van der Waals surface area contributed by atoms with Crippen LogP contribution in [0, 0.1) is 11.3 Å². The Kier molecular flexibility index (Phi) is 4.89. The molecule has 2 heterocycles. The Morgan fingerprint density at radius 3 is 2.05 bits per heavy atom. The van der Waals surface area contributed by atoms with E-state index in [1.54, 1.807) is 0 Å². The van der Waals surface area contributed by atoms with E-state index in [4.69, 9.17) is 4.74 Å². The van der Waals surface area contributed by atoms with Gasteiger partial charge in [-0.1, -0.05) is 91.0 Å². The van der Waals surface area contributed by atoms with Gasteiger partial charge >= 0.3 is 0 Å². The van der Waals surface area contributed by atoms with Crippen LogP contribution >= 0.6 is 0 Å². The normalized spacial score (nSPS) is 11.7. The topological polar surface area (TPSA) is 38.0 Å². The first kappa shape index (κ1) is 22.4.